The number of carbonyl (C=O) groups excluding carboxylic acids is 1. The van der Waals surface area contributed by atoms with Crippen molar-refractivity contribution in [3.05, 3.63) is 58.1 Å². The van der Waals surface area contributed by atoms with Crippen molar-refractivity contribution in [3.63, 3.8) is 0 Å². The van der Waals surface area contributed by atoms with Gasteiger partial charge >= 0.3 is 0 Å². The SMILES string of the molecule is COc1cc(OC)cc(C(=O)N2CC[NH+](Cc3ccccc3Br)CC2)c1. The van der Waals surface area contributed by atoms with Crippen LogP contribution in [0.1, 0.15) is 15.9 Å². The van der Waals surface area contributed by atoms with E-state index in [2.05, 4.69) is 34.1 Å². The topological polar surface area (TPSA) is 43.2 Å². The highest BCUT2D eigenvalue weighted by atomic mass is 79.9. The number of quaternary nitrogens is 1. The first kappa shape index (κ1) is 18.7. The Hall–Kier alpha value is -2.05. The summed E-state index contributed by atoms with van der Waals surface area (Å²) in [6.45, 7) is 4.34. The largest absolute Gasteiger partial charge is 0.497 e. The van der Waals surface area contributed by atoms with Crippen molar-refractivity contribution in [1.29, 1.82) is 0 Å². The van der Waals surface area contributed by atoms with Crippen molar-refractivity contribution in [2.45, 2.75) is 6.54 Å². The molecule has 1 fully saturated rings. The first-order valence-electron chi connectivity index (χ1n) is 8.70. The minimum Gasteiger partial charge on any atom is -0.497 e. The number of ether oxygens (including phenoxy) is 2. The number of nitrogens with zero attached hydrogens (tertiary/aromatic N) is 1. The van der Waals surface area contributed by atoms with Crippen LogP contribution in [0.5, 0.6) is 11.5 Å². The number of nitrogens with one attached hydrogen (secondary N) is 1. The summed E-state index contributed by atoms with van der Waals surface area (Å²) in [7, 11) is 3.18. The van der Waals surface area contributed by atoms with Crippen LogP contribution in [0.4, 0.5) is 0 Å². The van der Waals surface area contributed by atoms with Gasteiger partial charge in [0.05, 0.1) is 40.4 Å². The number of benzene rings is 2. The third-order valence-corrected chi connectivity index (χ3v) is 5.53. The lowest BCUT2D eigenvalue weighted by Gasteiger charge is -2.32. The quantitative estimate of drug-likeness (QED) is 0.805. The molecule has 2 aromatic rings. The van der Waals surface area contributed by atoms with E-state index in [0.717, 1.165) is 37.2 Å². The lowest BCUT2D eigenvalue weighted by Crippen LogP contribution is -3.13. The van der Waals surface area contributed by atoms with E-state index >= 15 is 0 Å². The van der Waals surface area contributed by atoms with E-state index in [0.29, 0.717) is 17.1 Å². The van der Waals surface area contributed by atoms with Crippen LogP contribution in [0.15, 0.2) is 46.9 Å². The molecule has 26 heavy (non-hydrogen) atoms. The van der Waals surface area contributed by atoms with E-state index in [9.17, 15) is 4.79 Å². The molecule has 0 atom stereocenters. The number of hydrogen-bond donors (Lipinski definition) is 1. The predicted octanol–water partition coefficient (Wildman–Crippen LogP) is 2.01. The summed E-state index contributed by atoms with van der Waals surface area (Å²) >= 11 is 3.61. The highest BCUT2D eigenvalue weighted by Gasteiger charge is 2.25. The highest BCUT2D eigenvalue weighted by Crippen LogP contribution is 2.23. The van der Waals surface area contributed by atoms with Gasteiger partial charge in [-0.3, -0.25) is 4.79 Å². The standard InChI is InChI=1S/C20H23BrN2O3/c1-25-17-11-16(12-18(13-17)26-2)20(24)23-9-7-22(8-10-23)14-15-5-3-4-6-19(15)21/h3-6,11-13H,7-10,14H2,1-2H3/p+1. The average molecular weight is 420 g/mol. The second-order valence-electron chi connectivity index (χ2n) is 6.41. The molecule has 0 bridgehead atoms. The fourth-order valence-electron chi connectivity index (χ4n) is 3.23. The van der Waals surface area contributed by atoms with Gasteiger partial charge < -0.3 is 19.3 Å². The monoisotopic (exact) mass is 419 g/mol. The Balaban J connectivity index is 1.63. The zero-order valence-electron chi connectivity index (χ0n) is 15.1. The van der Waals surface area contributed by atoms with Gasteiger partial charge in [-0.15, -0.1) is 0 Å². The first-order valence-corrected chi connectivity index (χ1v) is 9.49. The van der Waals surface area contributed by atoms with Crippen LogP contribution in [-0.2, 0) is 6.54 Å². The molecule has 0 spiro atoms. The van der Waals surface area contributed by atoms with Crippen molar-refractivity contribution < 1.29 is 19.2 Å². The van der Waals surface area contributed by atoms with Gasteiger partial charge in [0, 0.05) is 21.7 Å². The third-order valence-electron chi connectivity index (χ3n) is 4.75. The predicted molar refractivity (Wildman–Crippen MR) is 104 cm³/mol. The van der Waals surface area contributed by atoms with Crippen LogP contribution >= 0.6 is 15.9 Å². The van der Waals surface area contributed by atoms with E-state index in [1.165, 1.54) is 10.5 Å². The van der Waals surface area contributed by atoms with Crippen LogP contribution in [0.3, 0.4) is 0 Å². The van der Waals surface area contributed by atoms with E-state index < -0.39 is 0 Å². The summed E-state index contributed by atoms with van der Waals surface area (Å²) in [5.74, 6) is 1.29. The summed E-state index contributed by atoms with van der Waals surface area (Å²) in [6, 6.07) is 13.6. The molecule has 1 saturated heterocycles. The van der Waals surface area contributed by atoms with E-state index in [-0.39, 0.29) is 5.91 Å². The molecule has 1 amide bonds. The van der Waals surface area contributed by atoms with Crippen LogP contribution in [0.2, 0.25) is 0 Å². The number of hydrogen-bond acceptors (Lipinski definition) is 3. The van der Waals surface area contributed by atoms with Gasteiger partial charge in [-0.1, -0.05) is 34.1 Å². The Morgan fingerprint density at radius 3 is 2.27 bits per heavy atom. The fourth-order valence-corrected chi connectivity index (χ4v) is 3.65. The van der Waals surface area contributed by atoms with Crippen molar-refractivity contribution in [1.82, 2.24) is 4.90 Å². The van der Waals surface area contributed by atoms with Crippen molar-refractivity contribution in [2.24, 2.45) is 0 Å². The molecule has 5 nitrogen and oxygen atoms in total. The van der Waals surface area contributed by atoms with Crippen LogP contribution in [-0.4, -0.2) is 51.2 Å². The maximum atomic E-state index is 12.9. The molecule has 2 aromatic carbocycles. The van der Waals surface area contributed by atoms with E-state index in [4.69, 9.17) is 9.47 Å². The van der Waals surface area contributed by atoms with Gasteiger partial charge in [0.1, 0.15) is 18.0 Å². The first-order chi connectivity index (χ1) is 12.6. The van der Waals surface area contributed by atoms with Crippen molar-refractivity contribution in [2.75, 3.05) is 40.4 Å². The van der Waals surface area contributed by atoms with Crippen molar-refractivity contribution >= 4 is 21.8 Å². The molecule has 0 aromatic heterocycles. The normalized spacial score (nSPS) is 15.0. The Morgan fingerprint density at radius 1 is 1.08 bits per heavy atom. The van der Waals surface area contributed by atoms with Crippen molar-refractivity contribution in [3.8, 4) is 11.5 Å². The van der Waals surface area contributed by atoms with Gasteiger partial charge in [0.15, 0.2) is 0 Å². The van der Waals surface area contributed by atoms with Gasteiger partial charge in [-0.2, -0.15) is 0 Å². The molecule has 138 valence electrons. The van der Waals surface area contributed by atoms with Gasteiger partial charge in [0.25, 0.3) is 5.91 Å². The fraction of sp³-hybridized carbons (Fsp3) is 0.350. The number of carbonyl (C=O) groups is 1. The third kappa shape index (κ3) is 4.37. The number of methoxy groups -OCH3 is 2. The van der Waals surface area contributed by atoms with Gasteiger partial charge in [-0.05, 0) is 18.2 Å². The molecule has 3 rings (SSSR count). The molecule has 6 heteroatoms. The molecular formula is C20H24BrN2O3+. The van der Waals surface area contributed by atoms with Gasteiger partial charge in [0.2, 0.25) is 0 Å². The maximum Gasteiger partial charge on any atom is 0.254 e. The molecule has 1 heterocycles. The lowest BCUT2D eigenvalue weighted by atomic mass is 10.1. The molecular weight excluding hydrogens is 396 g/mol. The number of piperazine rings is 1. The van der Waals surface area contributed by atoms with Crippen LogP contribution < -0.4 is 14.4 Å². The maximum absolute atomic E-state index is 12.9. The zero-order valence-corrected chi connectivity index (χ0v) is 16.7. The lowest BCUT2D eigenvalue weighted by molar-refractivity contribution is -0.917. The van der Waals surface area contributed by atoms with Gasteiger partial charge in [-0.25, -0.2) is 0 Å². The molecule has 0 saturated carbocycles. The Labute approximate surface area is 162 Å². The minimum atomic E-state index is 0.0298. The summed E-state index contributed by atoms with van der Waals surface area (Å²) < 4.78 is 11.7. The van der Waals surface area contributed by atoms with E-state index in [1.807, 2.05) is 11.0 Å². The molecule has 0 aliphatic carbocycles. The second kappa shape index (κ2) is 8.56. The smallest absolute Gasteiger partial charge is 0.254 e. The summed E-state index contributed by atoms with van der Waals surface area (Å²) in [6.07, 6.45) is 0. The summed E-state index contributed by atoms with van der Waals surface area (Å²) in [5, 5.41) is 0. The number of rotatable bonds is 5. The molecule has 1 aliphatic rings. The Bertz CT molecular complexity index is 751. The molecule has 0 unspecified atom stereocenters. The summed E-state index contributed by atoms with van der Waals surface area (Å²) in [5.41, 5.74) is 1.91. The number of halogens is 1. The Morgan fingerprint density at radius 2 is 1.69 bits per heavy atom. The minimum absolute atomic E-state index is 0.0298. The molecule has 1 N–H and O–H groups in total. The Kier molecular flexibility index (Phi) is 6.16. The van der Waals surface area contributed by atoms with E-state index in [1.54, 1.807) is 32.4 Å². The average Bonchev–Trinajstić information content (AvgIpc) is 2.69. The number of amides is 1. The second-order valence-corrected chi connectivity index (χ2v) is 7.27. The molecule has 1 aliphatic heterocycles. The summed E-state index contributed by atoms with van der Waals surface area (Å²) in [4.78, 5) is 16.3. The molecule has 0 radical (unpaired) electrons. The highest BCUT2D eigenvalue weighted by molar-refractivity contribution is 9.10. The van der Waals surface area contributed by atoms with Crippen LogP contribution in [0.25, 0.3) is 0 Å². The van der Waals surface area contributed by atoms with Crippen LogP contribution in [0, 0.1) is 0 Å². The zero-order chi connectivity index (χ0) is 18.5.